The highest BCUT2D eigenvalue weighted by molar-refractivity contribution is 7.22. The third-order valence-corrected chi connectivity index (χ3v) is 6.15. The van der Waals surface area contributed by atoms with Gasteiger partial charge in [-0.1, -0.05) is 23.5 Å². The Balaban J connectivity index is 0.000000304. The zero-order chi connectivity index (χ0) is 30.2. The third-order valence-electron chi connectivity index (χ3n) is 5.16. The predicted octanol–water partition coefficient (Wildman–Crippen LogP) is 2.05. The lowest BCUT2D eigenvalue weighted by Gasteiger charge is -2.34. The van der Waals surface area contributed by atoms with E-state index in [1.807, 2.05) is 25.4 Å². The zero-order valence-corrected chi connectivity index (χ0v) is 22.9. The summed E-state index contributed by atoms with van der Waals surface area (Å²) in [5.41, 5.74) is 2.17. The number of rotatable bonds is 9. The van der Waals surface area contributed by atoms with Gasteiger partial charge in [0, 0.05) is 76.0 Å². The fraction of sp³-hybridized carbons (Fsp3) is 0.269. The number of carboxylic acid groups (broad SMARTS) is 4. The number of piperazine rings is 1. The minimum atomic E-state index is -1.26. The summed E-state index contributed by atoms with van der Waals surface area (Å²) in [6, 6.07) is 8.26. The fourth-order valence-electron chi connectivity index (χ4n) is 3.27. The number of nitrogens with one attached hydrogen (secondary N) is 1. The van der Waals surface area contributed by atoms with Crippen molar-refractivity contribution in [2.75, 3.05) is 49.5 Å². The van der Waals surface area contributed by atoms with Crippen molar-refractivity contribution >= 4 is 56.5 Å². The van der Waals surface area contributed by atoms with Gasteiger partial charge in [-0.05, 0) is 24.6 Å². The molecule has 0 radical (unpaired) electrons. The molecule has 1 aliphatic heterocycles. The van der Waals surface area contributed by atoms with E-state index in [9.17, 15) is 19.2 Å². The molecule has 0 saturated carbocycles. The van der Waals surface area contributed by atoms with Crippen LogP contribution in [-0.4, -0.2) is 103 Å². The molecule has 3 heterocycles. The number of benzene rings is 1. The van der Waals surface area contributed by atoms with E-state index in [-0.39, 0.29) is 0 Å². The van der Waals surface area contributed by atoms with Gasteiger partial charge < -0.3 is 30.6 Å². The number of aromatic nitrogens is 3. The van der Waals surface area contributed by atoms with Crippen molar-refractivity contribution in [3.8, 4) is 0 Å². The van der Waals surface area contributed by atoms with E-state index in [1.165, 1.54) is 4.70 Å². The van der Waals surface area contributed by atoms with Crippen LogP contribution >= 0.6 is 11.3 Å². The molecule has 0 bridgehead atoms. The van der Waals surface area contributed by atoms with Crippen LogP contribution < -0.4 is 10.2 Å². The molecular formula is C26H30N6O8S. The van der Waals surface area contributed by atoms with Crippen LogP contribution in [0, 0.1) is 6.92 Å². The normalized spacial score (nSPS) is 13.2. The Morgan fingerprint density at radius 1 is 0.854 bits per heavy atom. The molecule has 14 nitrogen and oxygen atoms in total. The summed E-state index contributed by atoms with van der Waals surface area (Å²) in [7, 11) is 0. The van der Waals surface area contributed by atoms with Crippen LogP contribution in [0.15, 0.2) is 61.0 Å². The highest BCUT2D eigenvalue weighted by Crippen LogP contribution is 2.25. The van der Waals surface area contributed by atoms with Gasteiger partial charge in [0.25, 0.3) is 0 Å². The van der Waals surface area contributed by atoms with Gasteiger partial charge in [-0.3, -0.25) is 4.90 Å². The van der Waals surface area contributed by atoms with Crippen LogP contribution in [0.5, 0.6) is 0 Å². The van der Waals surface area contributed by atoms with Crippen molar-refractivity contribution in [1.29, 1.82) is 0 Å². The van der Waals surface area contributed by atoms with Gasteiger partial charge in [0.05, 0.1) is 10.2 Å². The monoisotopic (exact) mass is 586 g/mol. The summed E-state index contributed by atoms with van der Waals surface area (Å²) in [5.74, 6) is -4.18. The SMILES string of the molecule is Cc1cnc(N2CCN(CCNc3nc4ccccc4s3)CC2)nc1.O=C(O)/C=C/C(=O)O.O=C(O)/C=C/C(=O)O. The maximum absolute atomic E-state index is 9.55. The lowest BCUT2D eigenvalue weighted by molar-refractivity contribution is -0.134. The Kier molecular flexibility index (Phi) is 13.4. The first-order valence-electron chi connectivity index (χ1n) is 12.2. The number of fused-ring (bicyclic) bond motifs is 1. The lowest BCUT2D eigenvalue weighted by atomic mass is 10.3. The van der Waals surface area contributed by atoms with Crippen LogP contribution in [0.2, 0.25) is 0 Å². The molecule has 4 rings (SSSR count). The molecule has 15 heteroatoms. The summed E-state index contributed by atoms with van der Waals surface area (Å²) in [6.07, 6.45) is 6.00. The first-order valence-corrected chi connectivity index (χ1v) is 13.0. The molecule has 0 atom stereocenters. The molecule has 0 spiro atoms. The molecule has 1 aliphatic rings. The molecule has 41 heavy (non-hydrogen) atoms. The topological polar surface area (TPSA) is 206 Å². The van der Waals surface area contributed by atoms with Gasteiger partial charge in [0.15, 0.2) is 5.13 Å². The molecule has 5 N–H and O–H groups in total. The molecular weight excluding hydrogens is 556 g/mol. The number of carbonyl (C=O) groups is 4. The van der Waals surface area contributed by atoms with Crippen molar-refractivity contribution in [2.45, 2.75) is 6.92 Å². The number of thiazole rings is 1. The Morgan fingerprint density at radius 2 is 1.37 bits per heavy atom. The van der Waals surface area contributed by atoms with Crippen LogP contribution in [-0.2, 0) is 19.2 Å². The van der Waals surface area contributed by atoms with Gasteiger partial charge in [0.1, 0.15) is 0 Å². The Hall–Kier alpha value is -4.89. The molecule has 2 aromatic heterocycles. The van der Waals surface area contributed by atoms with Gasteiger partial charge >= 0.3 is 23.9 Å². The lowest BCUT2D eigenvalue weighted by Crippen LogP contribution is -2.48. The molecule has 3 aromatic rings. The van der Waals surface area contributed by atoms with Gasteiger partial charge in [-0.25, -0.2) is 34.1 Å². The third kappa shape index (κ3) is 13.1. The summed E-state index contributed by atoms with van der Waals surface area (Å²) in [4.78, 5) is 56.4. The number of aryl methyl sites for hydroxylation is 1. The summed E-state index contributed by atoms with van der Waals surface area (Å²) < 4.78 is 1.23. The minimum Gasteiger partial charge on any atom is -0.478 e. The highest BCUT2D eigenvalue weighted by Gasteiger charge is 2.18. The van der Waals surface area contributed by atoms with Crippen LogP contribution in [0.4, 0.5) is 11.1 Å². The maximum atomic E-state index is 9.55. The van der Waals surface area contributed by atoms with E-state index in [2.05, 4.69) is 48.3 Å². The van der Waals surface area contributed by atoms with Crippen LogP contribution in [0.3, 0.4) is 0 Å². The number of nitrogens with zero attached hydrogens (tertiary/aromatic N) is 5. The van der Waals surface area contributed by atoms with Crippen molar-refractivity contribution in [2.24, 2.45) is 0 Å². The highest BCUT2D eigenvalue weighted by atomic mass is 32.1. The van der Waals surface area contributed by atoms with E-state index >= 15 is 0 Å². The Morgan fingerprint density at radius 3 is 1.85 bits per heavy atom. The van der Waals surface area contributed by atoms with E-state index in [0.29, 0.717) is 24.3 Å². The van der Waals surface area contributed by atoms with Crippen LogP contribution in [0.25, 0.3) is 10.2 Å². The van der Waals surface area contributed by atoms with E-state index in [1.54, 1.807) is 11.3 Å². The fourth-order valence-corrected chi connectivity index (χ4v) is 4.17. The number of aliphatic carboxylic acids is 4. The predicted molar refractivity (Wildman–Crippen MR) is 152 cm³/mol. The quantitative estimate of drug-likeness (QED) is 0.228. The van der Waals surface area contributed by atoms with Gasteiger partial charge in [-0.15, -0.1) is 0 Å². The first-order chi connectivity index (χ1) is 19.5. The molecule has 1 saturated heterocycles. The molecule has 0 unspecified atom stereocenters. The number of carboxylic acids is 4. The van der Waals surface area contributed by atoms with Crippen molar-refractivity contribution in [3.05, 3.63) is 66.5 Å². The van der Waals surface area contributed by atoms with Gasteiger partial charge in [-0.2, -0.15) is 0 Å². The Bertz CT molecular complexity index is 1270. The first kappa shape index (κ1) is 32.3. The molecule has 0 amide bonds. The second kappa shape index (κ2) is 16.9. The second-order valence-electron chi connectivity index (χ2n) is 8.32. The minimum absolute atomic E-state index is 0.558. The van der Waals surface area contributed by atoms with Gasteiger partial charge in [0.2, 0.25) is 5.95 Å². The van der Waals surface area contributed by atoms with E-state index < -0.39 is 23.9 Å². The molecule has 1 fully saturated rings. The Labute approximate surface area is 238 Å². The number of anilines is 2. The standard InChI is InChI=1S/C18H22N6S.2C4H4O4/c1-14-12-20-17(21-13-14)24-10-8-23(9-11-24)7-6-19-18-22-15-4-2-3-5-16(15)25-18;2*5-3(6)1-2-4(7)8/h2-5,12-13H,6-11H2,1H3,(H,19,22);2*1-2H,(H,5,6)(H,7,8)/b;2*2-1+. The zero-order valence-electron chi connectivity index (χ0n) is 22.1. The summed E-state index contributed by atoms with van der Waals surface area (Å²) in [5, 5.41) is 35.7. The average Bonchev–Trinajstić information content (AvgIpc) is 3.35. The number of para-hydroxylation sites is 1. The summed E-state index contributed by atoms with van der Waals surface area (Å²) in [6.45, 7) is 7.99. The van der Waals surface area contributed by atoms with Crippen molar-refractivity contribution < 1.29 is 39.6 Å². The number of hydrogen-bond acceptors (Lipinski definition) is 11. The average molecular weight is 587 g/mol. The van der Waals surface area contributed by atoms with Crippen molar-refractivity contribution in [3.63, 3.8) is 0 Å². The van der Waals surface area contributed by atoms with Crippen LogP contribution in [0.1, 0.15) is 5.56 Å². The summed E-state index contributed by atoms with van der Waals surface area (Å²) >= 11 is 1.72. The maximum Gasteiger partial charge on any atom is 0.328 e. The van der Waals surface area contributed by atoms with E-state index in [4.69, 9.17) is 20.4 Å². The largest absolute Gasteiger partial charge is 0.478 e. The molecule has 1 aromatic carbocycles. The van der Waals surface area contributed by atoms with E-state index in [0.717, 1.165) is 61.4 Å². The molecule has 218 valence electrons. The number of hydrogen-bond donors (Lipinski definition) is 5. The molecule has 0 aliphatic carbocycles. The van der Waals surface area contributed by atoms with Crippen molar-refractivity contribution in [1.82, 2.24) is 19.9 Å². The smallest absolute Gasteiger partial charge is 0.328 e. The second-order valence-corrected chi connectivity index (χ2v) is 9.35.